The number of para-hydroxylation sites is 1. The molecule has 0 unspecified atom stereocenters. The number of Topliss-reactive ketones (excluding diaryl/α,β-unsaturated/α-hetero) is 2. The molecule has 114 valence electrons. The number of benzene rings is 2. The minimum absolute atomic E-state index is 0.0000491. The zero-order chi connectivity index (χ0) is 16.4. The van der Waals surface area contributed by atoms with E-state index in [0.717, 1.165) is 0 Å². The number of aliphatic hydroxyl groups is 1. The van der Waals surface area contributed by atoms with Crippen LogP contribution in [0.5, 0.6) is 0 Å². The average molecular weight is 305 g/mol. The van der Waals surface area contributed by atoms with Gasteiger partial charge in [0.15, 0.2) is 5.78 Å². The zero-order valence-electron chi connectivity index (χ0n) is 12.6. The predicted octanol–water partition coefficient (Wildman–Crippen LogP) is 3.90. The van der Waals surface area contributed by atoms with Gasteiger partial charge in [0.05, 0.1) is 11.3 Å². The van der Waals surface area contributed by atoms with Crippen molar-refractivity contribution in [1.29, 1.82) is 0 Å². The van der Waals surface area contributed by atoms with Gasteiger partial charge in [-0.15, -0.1) is 0 Å². The highest BCUT2D eigenvalue weighted by atomic mass is 16.3. The highest BCUT2D eigenvalue weighted by Gasteiger charge is 2.33. The summed E-state index contributed by atoms with van der Waals surface area (Å²) in [5, 5.41) is 10.5. The Morgan fingerprint density at radius 3 is 2.26 bits per heavy atom. The lowest BCUT2D eigenvalue weighted by Crippen LogP contribution is -2.28. The first-order valence-electron chi connectivity index (χ1n) is 7.38. The number of aliphatic imine (C=N–C) groups is 1. The zero-order valence-corrected chi connectivity index (χ0v) is 12.6. The van der Waals surface area contributed by atoms with Crippen LogP contribution in [0.4, 0.5) is 5.69 Å². The molecule has 0 amide bonds. The van der Waals surface area contributed by atoms with Crippen molar-refractivity contribution in [2.24, 2.45) is 4.99 Å². The summed E-state index contributed by atoms with van der Waals surface area (Å²) in [4.78, 5) is 29.4. The highest BCUT2D eigenvalue weighted by Crippen LogP contribution is 2.30. The van der Waals surface area contributed by atoms with Gasteiger partial charge in [-0.25, -0.2) is 4.99 Å². The van der Waals surface area contributed by atoms with Crippen LogP contribution >= 0.6 is 0 Å². The normalized spacial score (nSPS) is 15.7. The second-order valence-corrected chi connectivity index (χ2v) is 5.17. The standard InChI is InChI=1S/C19H15NO3/c1-2-15(21)16-17(20-12-8-4-3-5-9-12)19(23)14-11-7-6-10-13(14)18(16)22/h3-11,22H,2H2,1H3. The van der Waals surface area contributed by atoms with E-state index in [1.807, 2.05) is 6.07 Å². The lowest BCUT2D eigenvalue weighted by molar-refractivity contribution is -0.114. The molecule has 4 nitrogen and oxygen atoms in total. The Hall–Kier alpha value is -3.01. The molecule has 1 N–H and O–H groups in total. The molecular weight excluding hydrogens is 290 g/mol. The number of fused-ring (bicyclic) bond motifs is 1. The maximum absolute atomic E-state index is 12.8. The third kappa shape index (κ3) is 2.59. The van der Waals surface area contributed by atoms with Gasteiger partial charge in [0, 0.05) is 17.5 Å². The summed E-state index contributed by atoms with van der Waals surface area (Å²) in [6, 6.07) is 15.6. The Labute approximate surface area is 133 Å². The lowest BCUT2D eigenvalue weighted by atomic mass is 9.85. The van der Waals surface area contributed by atoms with E-state index in [-0.39, 0.29) is 35.0 Å². The van der Waals surface area contributed by atoms with Crippen LogP contribution in [0.1, 0.15) is 29.3 Å². The Morgan fingerprint density at radius 2 is 1.61 bits per heavy atom. The van der Waals surface area contributed by atoms with E-state index < -0.39 is 0 Å². The number of carbonyl (C=O) groups excluding carboxylic acids is 2. The summed E-state index contributed by atoms with van der Waals surface area (Å²) in [6.45, 7) is 1.69. The molecule has 0 aliphatic heterocycles. The topological polar surface area (TPSA) is 66.7 Å². The van der Waals surface area contributed by atoms with Gasteiger partial charge in [0.25, 0.3) is 0 Å². The Balaban J connectivity index is 2.26. The van der Waals surface area contributed by atoms with E-state index in [9.17, 15) is 14.7 Å². The number of ketones is 2. The first kappa shape index (κ1) is 14.9. The van der Waals surface area contributed by atoms with Crippen molar-refractivity contribution in [1.82, 2.24) is 0 Å². The smallest absolute Gasteiger partial charge is 0.212 e. The third-order valence-corrected chi connectivity index (χ3v) is 3.71. The molecule has 3 rings (SSSR count). The molecule has 2 aromatic carbocycles. The van der Waals surface area contributed by atoms with Gasteiger partial charge in [0.1, 0.15) is 11.5 Å². The van der Waals surface area contributed by atoms with Crippen LogP contribution in [0.15, 0.2) is 65.2 Å². The number of rotatable bonds is 3. The Morgan fingerprint density at radius 1 is 1.00 bits per heavy atom. The Kier molecular flexibility index (Phi) is 3.89. The third-order valence-electron chi connectivity index (χ3n) is 3.71. The molecule has 0 saturated carbocycles. The quantitative estimate of drug-likeness (QED) is 0.935. The van der Waals surface area contributed by atoms with Crippen molar-refractivity contribution < 1.29 is 14.7 Å². The molecule has 23 heavy (non-hydrogen) atoms. The van der Waals surface area contributed by atoms with E-state index in [4.69, 9.17) is 0 Å². The van der Waals surface area contributed by atoms with E-state index >= 15 is 0 Å². The molecular formula is C19H15NO3. The average Bonchev–Trinajstić information content (AvgIpc) is 2.60. The molecule has 2 aromatic rings. The molecule has 0 heterocycles. The van der Waals surface area contributed by atoms with Crippen molar-refractivity contribution in [2.75, 3.05) is 0 Å². The van der Waals surface area contributed by atoms with Crippen molar-refractivity contribution >= 4 is 28.7 Å². The van der Waals surface area contributed by atoms with E-state index in [1.165, 1.54) is 0 Å². The molecule has 0 aromatic heterocycles. The van der Waals surface area contributed by atoms with Gasteiger partial charge in [0.2, 0.25) is 5.78 Å². The Bertz CT molecular complexity index is 848. The minimum atomic E-state index is -0.348. The number of hydrogen-bond acceptors (Lipinski definition) is 4. The molecule has 0 bridgehead atoms. The second-order valence-electron chi connectivity index (χ2n) is 5.17. The van der Waals surface area contributed by atoms with Crippen LogP contribution in [0.2, 0.25) is 0 Å². The van der Waals surface area contributed by atoms with Crippen LogP contribution < -0.4 is 0 Å². The van der Waals surface area contributed by atoms with Crippen LogP contribution in [-0.2, 0) is 4.79 Å². The van der Waals surface area contributed by atoms with Crippen LogP contribution in [0.25, 0.3) is 5.76 Å². The number of hydrogen-bond donors (Lipinski definition) is 1. The molecule has 0 fully saturated rings. The number of allylic oxidation sites excluding steroid dienone is 1. The summed E-state index contributed by atoms with van der Waals surface area (Å²) in [6.07, 6.45) is 0.183. The monoisotopic (exact) mass is 305 g/mol. The fourth-order valence-corrected chi connectivity index (χ4v) is 2.55. The van der Waals surface area contributed by atoms with Gasteiger partial charge < -0.3 is 5.11 Å². The molecule has 4 heteroatoms. The van der Waals surface area contributed by atoms with Gasteiger partial charge in [-0.05, 0) is 12.1 Å². The molecule has 1 aliphatic rings. The summed E-state index contributed by atoms with van der Waals surface area (Å²) < 4.78 is 0. The number of nitrogens with zero attached hydrogens (tertiary/aromatic N) is 1. The van der Waals surface area contributed by atoms with Gasteiger partial charge in [-0.2, -0.15) is 0 Å². The van der Waals surface area contributed by atoms with Crippen molar-refractivity contribution in [3.8, 4) is 0 Å². The molecule has 0 saturated heterocycles. The van der Waals surface area contributed by atoms with Crippen molar-refractivity contribution in [3.05, 3.63) is 71.3 Å². The van der Waals surface area contributed by atoms with E-state index in [1.54, 1.807) is 55.5 Å². The van der Waals surface area contributed by atoms with Gasteiger partial charge in [-0.3, -0.25) is 9.59 Å². The fraction of sp³-hybridized carbons (Fsp3) is 0.105. The van der Waals surface area contributed by atoms with Crippen molar-refractivity contribution in [3.63, 3.8) is 0 Å². The first-order valence-corrected chi connectivity index (χ1v) is 7.38. The summed E-state index contributed by atoms with van der Waals surface area (Å²) in [7, 11) is 0. The van der Waals surface area contributed by atoms with Gasteiger partial charge >= 0.3 is 0 Å². The second kappa shape index (κ2) is 6.01. The largest absolute Gasteiger partial charge is 0.506 e. The summed E-state index contributed by atoms with van der Waals surface area (Å²) in [5.41, 5.74) is 1.29. The minimum Gasteiger partial charge on any atom is -0.506 e. The number of aliphatic hydroxyl groups excluding tert-OH is 1. The maximum Gasteiger partial charge on any atom is 0.212 e. The van der Waals surface area contributed by atoms with E-state index in [2.05, 4.69) is 4.99 Å². The van der Waals surface area contributed by atoms with Crippen LogP contribution in [0.3, 0.4) is 0 Å². The first-order chi connectivity index (χ1) is 11.1. The predicted molar refractivity (Wildman–Crippen MR) is 89.2 cm³/mol. The lowest BCUT2D eigenvalue weighted by Gasteiger charge is -2.19. The highest BCUT2D eigenvalue weighted by molar-refractivity contribution is 6.59. The van der Waals surface area contributed by atoms with E-state index in [0.29, 0.717) is 16.8 Å². The molecule has 1 aliphatic carbocycles. The maximum atomic E-state index is 12.8. The summed E-state index contributed by atoms with van der Waals surface area (Å²) in [5.74, 6) is -0.833. The number of carbonyl (C=O) groups is 2. The van der Waals surface area contributed by atoms with Crippen LogP contribution in [-0.4, -0.2) is 22.4 Å². The fourth-order valence-electron chi connectivity index (χ4n) is 2.55. The molecule has 0 spiro atoms. The molecule has 0 radical (unpaired) electrons. The van der Waals surface area contributed by atoms with Crippen LogP contribution in [0, 0.1) is 0 Å². The van der Waals surface area contributed by atoms with Gasteiger partial charge in [-0.1, -0.05) is 49.4 Å². The molecule has 0 atom stereocenters. The van der Waals surface area contributed by atoms with Crippen molar-refractivity contribution in [2.45, 2.75) is 13.3 Å². The SMILES string of the molecule is CCC(=O)C1=C(O)c2ccccc2C(=O)C1=Nc1ccccc1. The summed E-state index contributed by atoms with van der Waals surface area (Å²) >= 11 is 0.